The number of nitrogens with zero attached hydrogens (tertiary/aromatic N) is 2. The largest absolute Gasteiger partial charge is 0.497 e. The molecule has 0 bridgehead atoms. The fraction of sp³-hybridized carbons (Fsp3) is 0.400. The Hall–Kier alpha value is -2.56. The number of likely N-dealkylation sites (tertiary alicyclic amines) is 1. The molecule has 2 heterocycles. The minimum Gasteiger partial charge on any atom is -0.497 e. The number of hydrogen-bond acceptors (Lipinski definition) is 4. The molecule has 3 rings (SSSR count). The van der Waals surface area contributed by atoms with Crippen LogP contribution in [0.15, 0.2) is 42.5 Å². The van der Waals surface area contributed by atoms with Crippen molar-refractivity contribution >= 4 is 5.91 Å². The molecule has 1 fully saturated rings. The van der Waals surface area contributed by atoms with E-state index in [-0.39, 0.29) is 5.91 Å². The lowest BCUT2D eigenvalue weighted by molar-refractivity contribution is -0.131. The lowest BCUT2D eigenvalue weighted by Crippen LogP contribution is -2.38. The number of methoxy groups -OCH3 is 2. The molecular weight excluding hydrogens is 316 g/mol. The van der Waals surface area contributed by atoms with Gasteiger partial charge in [0, 0.05) is 19.2 Å². The van der Waals surface area contributed by atoms with Crippen LogP contribution in [0, 0.1) is 0 Å². The van der Waals surface area contributed by atoms with E-state index in [1.807, 2.05) is 29.2 Å². The van der Waals surface area contributed by atoms with Crippen molar-refractivity contribution in [3.63, 3.8) is 0 Å². The zero-order valence-electron chi connectivity index (χ0n) is 14.8. The van der Waals surface area contributed by atoms with Crippen LogP contribution >= 0.6 is 0 Å². The highest BCUT2D eigenvalue weighted by Crippen LogP contribution is 2.30. The molecule has 0 aliphatic carbocycles. The molecule has 1 amide bonds. The second kappa shape index (κ2) is 8.01. The summed E-state index contributed by atoms with van der Waals surface area (Å²) in [6.45, 7) is 1.56. The lowest BCUT2D eigenvalue weighted by atomic mass is 9.89. The van der Waals surface area contributed by atoms with Gasteiger partial charge in [0.1, 0.15) is 5.75 Å². The first-order chi connectivity index (χ1) is 12.2. The van der Waals surface area contributed by atoms with Crippen molar-refractivity contribution in [3.8, 4) is 11.6 Å². The van der Waals surface area contributed by atoms with Crippen molar-refractivity contribution in [2.75, 3.05) is 27.3 Å². The van der Waals surface area contributed by atoms with E-state index < -0.39 is 0 Å². The minimum absolute atomic E-state index is 0.129. The third kappa shape index (κ3) is 4.29. The molecule has 2 aromatic rings. The molecule has 0 radical (unpaired) electrons. The molecule has 0 atom stereocenters. The van der Waals surface area contributed by atoms with Crippen molar-refractivity contribution in [2.24, 2.45) is 0 Å². The number of rotatable bonds is 5. The van der Waals surface area contributed by atoms with E-state index in [1.54, 1.807) is 20.3 Å². The van der Waals surface area contributed by atoms with Gasteiger partial charge in [0.15, 0.2) is 0 Å². The number of pyridine rings is 1. The first-order valence-corrected chi connectivity index (χ1v) is 8.61. The van der Waals surface area contributed by atoms with E-state index >= 15 is 0 Å². The molecule has 5 heteroatoms. The highest BCUT2D eigenvalue weighted by molar-refractivity contribution is 5.78. The molecule has 0 N–H and O–H groups in total. The number of hydrogen-bond donors (Lipinski definition) is 0. The smallest absolute Gasteiger partial charge is 0.228 e. The molecule has 5 nitrogen and oxygen atoms in total. The van der Waals surface area contributed by atoms with Crippen molar-refractivity contribution in [2.45, 2.75) is 25.2 Å². The van der Waals surface area contributed by atoms with E-state index in [2.05, 4.69) is 17.1 Å². The molecule has 1 aromatic heterocycles. The Kier molecular flexibility index (Phi) is 5.53. The first-order valence-electron chi connectivity index (χ1n) is 8.61. The predicted molar refractivity (Wildman–Crippen MR) is 96.0 cm³/mol. The van der Waals surface area contributed by atoms with Crippen LogP contribution in [0.3, 0.4) is 0 Å². The summed E-state index contributed by atoms with van der Waals surface area (Å²) in [6, 6.07) is 13.7. The Morgan fingerprint density at radius 3 is 2.60 bits per heavy atom. The maximum absolute atomic E-state index is 12.5. The van der Waals surface area contributed by atoms with Gasteiger partial charge in [0.05, 0.1) is 26.3 Å². The Morgan fingerprint density at radius 2 is 1.88 bits per heavy atom. The second-order valence-electron chi connectivity index (χ2n) is 6.28. The van der Waals surface area contributed by atoms with Gasteiger partial charge in [-0.25, -0.2) is 4.98 Å². The van der Waals surface area contributed by atoms with Gasteiger partial charge in [0.2, 0.25) is 11.8 Å². The number of ether oxygens (including phenoxy) is 2. The molecule has 1 aromatic carbocycles. The van der Waals surface area contributed by atoms with E-state index in [1.165, 1.54) is 5.56 Å². The molecule has 1 saturated heterocycles. The predicted octanol–water partition coefficient (Wildman–Crippen LogP) is 3.05. The number of carbonyl (C=O) groups excluding carboxylic acids is 1. The van der Waals surface area contributed by atoms with Gasteiger partial charge in [-0.3, -0.25) is 4.79 Å². The van der Waals surface area contributed by atoms with Crippen LogP contribution in [-0.4, -0.2) is 43.1 Å². The highest BCUT2D eigenvalue weighted by atomic mass is 16.5. The number of benzene rings is 1. The summed E-state index contributed by atoms with van der Waals surface area (Å²) in [5.74, 6) is 2.04. The van der Waals surface area contributed by atoms with E-state index in [4.69, 9.17) is 9.47 Å². The zero-order chi connectivity index (χ0) is 17.6. The summed E-state index contributed by atoms with van der Waals surface area (Å²) in [7, 11) is 3.27. The number of piperidine rings is 1. The van der Waals surface area contributed by atoms with E-state index in [0.29, 0.717) is 18.2 Å². The molecule has 0 saturated carbocycles. The lowest BCUT2D eigenvalue weighted by Gasteiger charge is -2.32. The van der Waals surface area contributed by atoms with Crippen LogP contribution in [0.5, 0.6) is 11.6 Å². The maximum Gasteiger partial charge on any atom is 0.228 e. The molecular formula is C20H24N2O3. The summed E-state index contributed by atoms with van der Waals surface area (Å²) in [5, 5.41) is 0. The van der Waals surface area contributed by atoms with E-state index in [9.17, 15) is 4.79 Å². The minimum atomic E-state index is 0.129. The van der Waals surface area contributed by atoms with Crippen LogP contribution in [0.25, 0.3) is 0 Å². The maximum atomic E-state index is 12.5. The topological polar surface area (TPSA) is 51.7 Å². The zero-order valence-corrected chi connectivity index (χ0v) is 14.8. The SMILES string of the molecule is COc1cccc(C2CCN(C(=O)Cc3cccc(OC)n3)CC2)c1. The third-order valence-corrected chi connectivity index (χ3v) is 4.74. The van der Waals surface area contributed by atoms with Gasteiger partial charge in [0.25, 0.3) is 0 Å². The fourth-order valence-corrected chi connectivity index (χ4v) is 3.29. The van der Waals surface area contributed by atoms with Gasteiger partial charge in [-0.1, -0.05) is 18.2 Å². The van der Waals surface area contributed by atoms with Gasteiger partial charge in [-0.2, -0.15) is 0 Å². The standard InChI is InChI=1S/C20H24N2O3/c1-24-18-7-3-5-16(13-18)15-9-11-22(12-10-15)20(23)14-17-6-4-8-19(21-17)25-2/h3-8,13,15H,9-12,14H2,1-2H3. The Morgan fingerprint density at radius 1 is 1.12 bits per heavy atom. The Bertz CT molecular complexity index is 724. The summed E-state index contributed by atoms with van der Waals surface area (Å²) >= 11 is 0. The summed E-state index contributed by atoms with van der Waals surface area (Å²) < 4.78 is 10.4. The molecule has 1 aliphatic heterocycles. The number of aromatic nitrogens is 1. The summed E-state index contributed by atoms with van der Waals surface area (Å²) in [5.41, 5.74) is 2.04. The van der Waals surface area contributed by atoms with Crippen LogP contribution in [0.2, 0.25) is 0 Å². The Labute approximate surface area is 148 Å². The average molecular weight is 340 g/mol. The molecule has 132 valence electrons. The Balaban J connectivity index is 1.57. The van der Waals surface area contributed by atoms with Gasteiger partial charge in [-0.15, -0.1) is 0 Å². The molecule has 1 aliphatic rings. The van der Waals surface area contributed by atoms with Crippen molar-refractivity contribution < 1.29 is 14.3 Å². The quantitative estimate of drug-likeness (QED) is 0.839. The fourth-order valence-electron chi connectivity index (χ4n) is 3.29. The van der Waals surface area contributed by atoms with Gasteiger partial charge in [-0.05, 0) is 42.5 Å². The van der Waals surface area contributed by atoms with E-state index in [0.717, 1.165) is 37.4 Å². The first kappa shape index (κ1) is 17.3. The molecule has 0 spiro atoms. The van der Waals surface area contributed by atoms with Gasteiger partial charge >= 0.3 is 0 Å². The van der Waals surface area contributed by atoms with Crippen molar-refractivity contribution in [3.05, 3.63) is 53.7 Å². The normalized spacial score (nSPS) is 15.0. The van der Waals surface area contributed by atoms with Crippen LogP contribution < -0.4 is 9.47 Å². The highest BCUT2D eigenvalue weighted by Gasteiger charge is 2.24. The number of amides is 1. The summed E-state index contributed by atoms with van der Waals surface area (Å²) in [4.78, 5) is 18.8. The monoisotopic (exact) mass is 340 g/mol. The average Bonchev–Trinajstić information content (AvgIpc) is 2.68. The molecule has 0 unspecified atom stereocenters. The van der Waals surface area contributed by atoms with Crippen LogP contribution in [0.1, 0.15) is 30.0 Å². The van der Waals surface area contributed by atoms with Gasteiger partial charge < -0.3 is 14.4 Å². The second-order valence-corrected chi connectivity index (χ2v) is 6.28. The van der Waals surface area contributed by atoms with Crippen molar-refractivity contribution in [1.82, 2.24) is 9.88 Å². The summed E-state index contributed by atoms with van der Waals surface area (Å²) in [6.07, 6.45) is 2.27. The van der Waals surface area contributed by atoms with Crippen molar-refractivity contribution in [1.29, 1.82) is 0 Å². The third-order valence-electron chi connectivity index (χ3n) is 4.74. The molecule has 25 heavy (non-hydrogen) atoms. The number of carbonyl (C=O) groups is 1. The van der Waals surface area contributed by atoms with Crippen LogP contribution in [0.4, 0.5) is 0 Å². The van der Waals surface area contributed by atoms with Crippen LogP contribution in [-0.2, 0) is 11.2 Å².